The zero-order valence-electron chi connectivity index (χ0n) is 16.4. The molecule has 29 heavy (non-hydrogen) atoms. The Hall–Kier alpha value is -3.18. The molecule has 0 saturated heterocycles. The molecule has 0 aliphatic carbocycles. The van der Waals surface area contributed by atoms with Crippen LogP contribution in [0.4, 0.5) is 0 Å². The summed E-state index contributed by atoms with van der Waals surface area (Å²) in [6.07, 6.45) is 1.25. The van der Waals surface area contributed by atoms with Crippen molar-refractivity contribution in [2.24, 2.45) is 0 Å². The molecule has 5 heteroatoms. The number of aromatic hydroxyl groups is 1. The predicted octanol–water partition coefficient (Wildman–Crippen LogP) is 5.22. The van der Waals surface area contributed by atoms with Gasteiger partial charge in [0.2, 0.25) is 5.69 Å². The van der Waals surface area contributed by atoms with Crippen molar-refractivity contribution in [1.82, 2.24) is 4.98 Å². The molecule has 0 spiro atoms. The van der Waals surface area contributed by atoms with Crippen molar-refractivity contribution in [3.63, 3.8) is 0 Å². The average Bonchev–Trinajstić information content (AvgIpc) is 3.14. The molecule has 2 aromatic heterocycles. The Morgan fingerprint density at radius 1 is 0.931 bits per heavy atom. The SMILES string of the molecule is Cc1ccc(-c2c(C)nc(-c3ccccc3O)c(CCc3ccccc3)[n+]2[O-])s1. The molecule has 0 aliphatic rings. The number of hydrogen-bond donors (Lipinski definition) is 1. The summed E-state index contributed by atoms with van der Waals surface area (Å²) in [5.41, 5.74) is 4.10. The van der Waals surface area contributed by atoms with Crippen LogP contribution in [0.2, 0.25) is 0 Å². The molecule has 146 valence electrons. The number of aromatic nitrogens is 2. The molecular weight excluding hydrogens is 380 g/mol. The van der Waals surface area contributed by atoms with Crippen molar-refractivity contribution in [3.05, 3.63) is 93.8 Å². The third-order valence-electron chi connectivity index (χ3n) is 4.97. The number of hydrogen-bond acceptors (Lipinski definition) is 4. The second-order valence-corrected chi connectivity index (χ2v) is 8.34. The third-order valence-corrected chi connectivity index (χ3v) is 5.98. The Bertz CT molecular complexity index is 1150. The first-order chi connectivity index (χ1) is 14.0. The van der Waals surface area contributed by atoms with Crippen molar-refractivity contribution in [2.75, 3.05) is 0 Å². The molecule has 1 N–H and O–H groups in total. The Kier molecular flexibility index (Phi) is 5.32. The zero-order chi connectivity index (χ0) is 20.4. The molecule has 0 bridgehead atoms. The van der Waals surface area contributed by atoms with Gasteiger partial charge < -0.3 is 10.3 Å². The van der Waals surface area contributed by atoms with Crippen LogP contribution in [0.15, 0.2) is 66.7 Å². The van der Waals surface area contributed by atoms with Crippen LogP contribution < -0.4 is 4.73 Å². The number of thiophene rings is 1. The molecule has 0 fully saturated rings. The van der Waals surface area contributed by atoms with Crippen LogP contribution in [0.25, 0.3) is 21.8 Å². The zero-order valence-corrected chi connectivity index (χ0v) is 17.2. The lowest BCUT2D eigenvalue weighted by atomic mass is 10.0. The number of phenolic OH excluding ortho intramolecular Hbond substituents is 1. The van der Waals surface area contributed by atoms with Gasteiger partial charge in [-0.15, -0.1) is 11.3 Å². The topological polar surface area (TPSA) is 60.1 Å². The summed E-state index contributed by atoms with van der Waals surface area (Å²) >= 11 is 1.59. The highest BCUT2D eigenvalue weighted by atomic mass is 32.1. The second-order valence-electron chi connectivity index (χ2n) is 7.05. The summed E-state index contributed by atoms with van der Waals surface area (Å²) in [7, 11) is 0. The molecule has 0 amide bonds. The quantitative estimate of drug-likeness (QED) is 0.368. The largest absolute Gasteiger partial charge is 0.618 e. The standard InChI is InChI=1S/C24H22N2O2S/c1-16-12-15-22(29-16)24-17(2)25-23(19-10-6-7-11-21(19)27)20(26(24)28)14-13-18-8-4-3-5-9-18/h3-12,15,27H,13-14H2,1-2H3. The highest BCUT2D eigenvalue weighted by Crippen LogP contribution is 2.33. The minimum Gasteiger partial charge on any atom is -0.618 e. The van der Waals surface area contributed by atoms with E-state index in [9.17, 15) is 10.3 Å². The maximum atomic E-state index is 13.5. The first-order valence-corrected chi connectivity index (χ1v) is 10.4. The number of rotatable bonds is 5. The molecule has 0 saturated carbocycles. The fraction of sp³-hybridized carbons (Fsp3) is 0.167. The van der Waals surface area contributed by atoms with Gasteiger partial charge in [0.25, 0.3) is 5.69 Å². The van der Waals surface area contributed by atoms with Gasteiger partial charge in [-0.05, 0) is 50.1 Å². The van der Waals surface area contributed by atoms with E-state index >= 15 is 0 Å². The molecule has 4 aromatic rings. The van der Waals surface area contributed by atoms with Gasteiger partial charge >= 0.3 is 0 Å². The first kappa shape index (κ1) is 19.2. The summed E-state index contributed by atoms with van der Waals surface area (Å²) in [6, 6.07) is 21.1. The van der Waals surface area contributed by atoms with Crippen LogP contribution in [0.1, 0.15) is 21.8 Å². The Labute approximate surface area is 174 Å². The fourth-order valence-electron chi connectivity index (χ4n) is 3.52. The van der Waals surface area contributed by atoms with Gasteiger partial charge in [-0.1, -0.05) is 42.5 Å². The van der Waals surface area contributed by atoms with Crippen molar-refractivity contribution < 1.29 is 9.84 Å². The van der Waals surface area contributed by atoms with Crippen LogP contribution in [0.5, 0.6) is 5.75 Å². The summed E-state index contributed by atoms with van der Waals surface area (Å²) in [4.78, 5) is 6.85. The van der Waals surface area contributed by atoms with Gasteiger partial charge in [-0.3, -0.25) is 0 Å². The normalized spacial score (nSPS) is 11.0. The van der Waals surface area contributed by atoms with Crippen LogP contribution in [-0.4, -0.2) is 10.1 Å². The van der Waals surface area contributed by atoms with Gasteiger partial charge in [0, 0.05) is 16.9 Å². The van der Waals surface area contributed by atoms with Gasteiger partial charge in [0.1, 0.15) is 22.0 Å². The van der Waals surface area contributed by atoms with Gasteiger partial charge in [0.15, 0.2) is 0 Å². The second kappa shape index (κ2) is 8.05. The van der Waals surface area contributed by atoms with E-state index in [2.05, 4.69) is 12.1 Å². The van der Waals surface area contributed by atoms with Gasteiger partial charge in [0.05, 0.1) is 0 Å². The molecule has 4 nitrogen and oxygen atoms in total. The average molecular weight is 403 g/mol. The first-order valence-electron chi connectivity index (χ1n) is 9.56. The lowest BCUT2D eigenvalue weighted by molar-refractivity contribution is -0.602. The summed E-state index contributed by atoms with van der Waals surface area (Å²) < 4.78 is 1.01. The number of aryl methyl sites for hydroxylation is 3. The molecule has 0 radical (unpaired) electrons. The smallest absolute Gasteiger partial charge is 0.255 e. The maximum absolute atomic E-state index is 13.5. The van der Waals surface area contributed by atoms with Gasteiger partial charge in [-0.2, -0.15) is 4.73 Å². The van der Waals surface area contributed by atoms with Crippen LogP contribution in [0, 0.1) is 19.1 Å². The molecule has 4 rings (SSSR count). The summed E-state index contributed by atoms with van der Waals surface area (Å²) in [6.45, 7) is 3.88. The molecule has 0 aliphatic heterocycles. The number of para-hydroxylation sites is 1. The van der Waals surface area contributed by atoms with E-state index in [1.54, 1.807) is 29.5 Å². The van der Waals surface area contributed by atoms with E-state index in [1.165, 1.54) is 0 Å². The van der Waals surface area contributed by atoms with E-state index in [-0.39, 0.29) is 5.75 Å². The van der Waals surface area contributed by atoms with Crippen molar-refractivity contribution in [1.29, 1.82) is 0 Å². The Morgan fingerprint density at radius 3 is 2.34 bits per heavy atom. The lowest BCUT2D eigenvalue weighted by Gasteiger charge is -2.15. The third kappa shape index (κ3) is 3.87. The van der Waals surface area contributed by atoms with E-state index in [0.29, 0.717) is 34.8 Å². The summed E-state index contributed by atoms with van der Waals surface area (Å²) in [5, 5.41) is 23.9. The Balaban J connectivity index is 1.87. The molecule has 2 heterocycles. The number of benzene rings is 2. The summed E-state index contributed by atoms with van der Waals surface area (Å²) in [5.74, 6) is 0.125. The lowest BCUT2D eigenvalue weighted by Crippen LogP contribution is -2.37. The predicted molar refractivity (Wildman–Crippen MR) is 117 cm³/mol. The molecule has 2 aromatic carbocycles. The molecular formula is C24H22N2O2S. The van der Waals surface area contributed by atoms with E-state index in [4.69, 9.17) is 4.98 Å². The highest BCUT2D eigenvalue weighted by molar-refractivity contribution is 7.15. The van der Waals surface area contributed by atoms with Crippen molar-refractivity contribution in [2.45, 2.75) is 26.7 Å². The van der Waals surface area contributed by atoms with Crippen molar-refractivity contribution >= 4 is 11.3 Å². The monoisotopic (exact) mass is 402 g/mol. The highest BCUT2D eigenvalue weighted by Gasteiger charge is 2.26. The van der Waals surface area contributed by atoms with Crippen LogP contribution >= 0.6 is 11.3 Å². The van der Waals surface area contributed by atoms with Crippen LogP contribution in [0.3, 0.4) is 0 Å². The fourth-order valence-corrected chi connectivity index (χ4v) is 4.47. The van der Waals surface area contributed by atoms with E-state index in [1.807, 2.05) is 50.2 Å². The minimum absolute atomic E-state index is 0.125. The van der Waals surface area contributed by atoms with Crippen molar-refractivity contribution in [3.8, 4) is 27.6 Å². The Morgan fingerprint density at radius 2 is 1.66 bits per heavy atom. The number of nitrogens with zero attached hydrogens (tertiary/aromatic N) is 2. The van der Waals surface area contributed by atoms with E-state index < -0.39 is 0 Å². The van der Waals surface area contributed by atoms with Crippen LogP contribution in [-0.2, 0) is 12.8 Å². The molecule has 0 unspecified atom stereocenters. The maximum Gasteiger partial charge on any atom is 0.255 e. The van der Waals surface area contributed by atoms with E-state index in [0.717, 1.165) is 26.5 Å². The number of phenols is 1. The molecule has 0 atom stereocenters. The minimum atomic E-state index is 0.125. The van der Waals surface area contributed by atoms with Gasteiger partial charge in [-0.25, -0.2) is 4.98 Å².